The van der Waals surface area contributed by atoms with Gasteiger partial charge in [-0.15, -0.1) is 0 Å². The molecule has 20 heavy (non-hydrogen) atoms. The molecule has 6 heteroatoms. The van der Waals surface area contributed by atoms with Crippen molar-refractivity contribution >= 4 is 17.6 Å². The van der Waals surface area contributed by atoms with Crippen LogP contribution in [-0.2, 0) is 6.61 Å². The maximum Gasteiger partial charge on any atom is 0.342 e. The lowest BCUT2D eigenvalue weighted by Crippen LogP contribution is -2.06. The molecule has 0 amide bonds. The first-order valence-electron chi connectivity index (χ1n) is 5.57. The fourth-order valence-electron chi connectivity index (χ4n) is 1.62. The first kappa shape index (κ1) is 14.3. The topological polar surface area (TPSA) is 46.5 Å². The van der Waals surface area contributed by atoms with Gasteiger partial charge in [0, 0.05) is 0 Å². The summed E-state index contributed by atoms with van der Waals surface area (Å²) in [6, 6.07) is 7.75. The second-order valence-corrected chi connectivity index (χ2v) is 4.36. The second kappa shape index (κ2) is 5.88. The number of carbonyl (C=O) groups is 1. The Morgan fingerprint density at radius 1 is 1.20 bits per heavy atom. The standard InChI is InChI=1S/C14H9ClF2O3/c15-9-5-4-8(6-11(9)17)7-20-12-3-1-2-10(16)13(12)14(18)19/h1-6H,7H2,(H,18,19). The number of carboxylic acids is 1. The fourth-order valence-corrected chi connectivity index (χ4v) is 1.74. The van der Waals surface area contributed by atoms with Crippen molar-refractivity contribution in [1.82, 2.24) is 0 Å². The molecule has 3 nitrogen and oxygen atoms in total. The lowest BCUT2D eigenvalue weighted by molar-refractivity contribution is 0.0686. The molecule has 0 aliphatic heterocycles. The molecule has 1 N–H and O–H groups in total. The van der Waals surface area contributed by atoms with Crippen LogP contribution in [-0.4, -0.2) is 11.1 Å². The average molecular weight is 299 g/mol. The van der Waals surface area contributed by atoms with E-state index in [2.05, 4.69) is 0 Å². The van der Waals surface area contributed by atoms with E-state index in [1.54, 1.807) is 0 Å². The summed E-state index contributed by atoms with van der Waals surface area (Å²) in [4.78, 5) is 11.0. The van der Waals surface area contributed by atoms with Crippen LogP contribution in [0.3, 0.4) is 0 Å². The normalized spacial score (nSPS) is 10.3. The van der Waals surface area contributed by atoms with Gasteiger partial charge in [-0.3, -0.25) is 0 Å². The van der Waals surface area contributed by atoms with Crippen molar-refractivity contribution in [2.75, 3.05) is 0 Å². The van der Waals surface area contributed by atoms with E-state index in [-0.39, 0.29) is 17.4 Å². The molecular weight excluding hydrogens is 290 g/mol. The van der Waals surface area contributed by atoms with Gasteiger partial charge in [0.1, 0.15) is 29.6 Å². The summed E-state index contributed by atoms with van der Waals surface area (Å²) < 4.78 is 31.9. The first-order valence-corrected chi connectivity index (χ1v) is 5.95. The zero-order chi connectivity index (χ0) is 14.7. The van der Waals surface area contributed by atoms with E-state index in [4.69, 9.17) is 21.4 Å². The highest BCUT2D eigenvalue weighted by atomic mass is 35.5. The number of halogens is 3. The van der Waals surface area contributed by atoms with Gasteiger partial charge in [0.25, 0.3) is 0 Å². The number of carboxylic acid groups (broad SMARTS) is 1. The van der Waals surface area contributed by atoms with E-state index in [9.17, 15) is 13.6 Å². The number of aromatic carboxylic acids is 1. The molecular formula is C14H9ClF2O3. The lowest BCUT2D eigenvalue weighted by Gasteiger charge is -2.10. The Labute approximate surface area is 118 Å². The molecule has 0 aliphatic rings. The SMILES string of the molecule is O=C(O)c1c(F)cccc1OCc1ccc(Cl)c(F)c1. The molecule has 0 spiro atoms. The second-order valence-electron chi connectivity index (χ2n) is 3.96. The van der Waals surface area contributed by atoms with E-state index in [0.29, 0.717) is 5.56 Å². The van der Waals surface area contributed by atoms with Gasteiger partial charge in [0.2, 0.25) is 0 Å². The van der Waals surface area contributed by atoms with Crippen molar-refractivity contribution in [3.8, 4) is 5.75 Å². The van der Waals surface area contributed by atoms with Gasteiger partial charge < -0.3 is 9.84 Å². The summed E-state index contributed by atoms with van der Waals surface area (Å²) in [6.07, 6.45) is 0. The third-order valence-corrected chi connectivity index (χ3v) is 2.87. The summed E-state index contributed by atoms with van der Waals surface area (Å²) in [5.41, 5.74) is -0.102. The number of ether oxygens (including phenoxy) is 1. The highest BCUT2D eigenvalue weighted by molar-refractivity contribution is 6.30. The van der Waals surface area contributed by atoms with E-state index in [1.807, 2.05) is 0 Å². The predicted octanol–water partition coefficient (Wildman–Crippen LogP) is 3.90. The number of hydrogen-bond acceptors (Lipinski definition) is 2. The largest absolute Gasteiger partial charge is 0.488 e. The summed E-state index contributed by atoms with van der Waals surface area (Å²) >= 11 is 5.54. The molecule has 0 aliphatic carbocycles. The third kappa shape index (κ3) is 3.05. The van der Waals surface area contributed by atoms with Crippen molar-refractivity contribution in [3.63, 3.8) is 0 Å². The zero-order valence-electron chi connectivity index (χ0n) is 10.1. The molecule has 2 rings (SSSR count). The van der Waals surface area contributed by atoms with Gasteiger partial charge in [0.05, 0.1) is 5.02 Å². The van der Waals surface area contributed by atoms with Gasteiger partial charge in [-0.1, -0.05) is 23.7 Å². The minimum atomic E-state index is -1.43. The molecule has 0 fully saturated rings. The van der Waals surface area contributed by atoms with Crippen LogP contribution in [0.2, 0.25) is 5.02 Å². The molecule has 0 aromatic heterocycles. The van der Waals surface area contributed by atoms with E-state index >= 15 is 0 Å². The minimum Gasteiger partial charge on any atom is -0.488 e. The average Bonchev–Trinajstić information content (AvgIpc) is 2.39. The molecule has 0 radical (unpaired) electrons. The summed E-state index contributed by atoms with van der Waals surface area (Å²) in [7, 11) is 0. The van der Waals surface area contributed by atoms with Crippen LogP contribution in [0, 0.1) is 11.6 Å². The smallest absolute Gasteiger partial charge is 0.342 e. The highest BCUT2D eigenvalue weighted by Gasteiger charge is 2.16. The minimum absolute atomic E-state index is 0.0225. The van der Waals surface area contributed by atoms with E-state index < -0.39 is 23.2 Å². The monoisotopic (exact) mass is 298 g/mol. The predicted molar refractivity (Wildman–Crippen MR) is 69.1 cm³/mol. The molecule has 0 unspecified atom stereocenters. The maximum absolute atomic E-state index is 13.4. The Morgan fingerprint density at radius 2 is 1.95 bits per heavy atom. The van der Waals surface area contributed by atoms with Gasteiger partial charge in [-0.05, 0) is 29.8 Å². The molecule has 0 atom stereocenters. The quantitative estimate of drug-likeness (QED) is 0.931. The molecule has 0 saturated carbocycles. The Bertz CT molecular complexity index is 659. The van der Waals surface area contributed by atoms with Gasteiger partial charge >= 0.3 is 5.97 Å². The van der Waals surface area contributed by atoms with Crippen molar-refractivity contribution < 1.29 is 23.4 Å². The Hall–Kier alpha value is -2.14. The van der Waals surface area contributed by atoms with E-state index in [1.165, 1.54) is 30.3 Å². The molecule has 2 aromatic carbocycles. The van der Waals surface area contributed by atoms with Crippen LogP contribution < -0.4 is 4.74 Å². The van der Waals surface area contributed by atoms with Crippen molar-refractivity contribution in [1.29, 1.82) is 0 Å². The lowest BCUT2D eigenvalue weighted by atomic mass is 10.2. The van der Waals surface area contributed by atoms with Crippen molar-refractivity contribution in [3.05, 3.63) is 64.2 Å². The Balaban J connectivity index is 2.21. The van der Waals surface area contributed by atoms with Gasteiger partial charge in [-0.2, -0.15) is 0 Å². The van der Waals surface area contributed by atoms with Crippen LogP contribution >= 0.6 is 11.6 Å². The van der Waals surface area contributed by atoms with Gasteiger partial charge in [0.15, 0.2) is 0 Å². The molecule has 104 valence electrons. The van der Waals surface area contributed by atoms with Crippen LogP contribution in [0.15, 0.2) is 36.4 Å². The summed E-state index contributed by atoms with van der Waals surface area (Å²) in [6.45, 7) is -0.0994. The molecule has 0 heterocycles. The zero-order valence-corrected chi connectivity index (χ0v) is 10.8. The third-order valence-electron chi connectivity index (χ3n) is 2.57. The fraction of sp³-hybridized carbons (Fsp3) is 0.0714. The number of benzene rings is 2. The van der Waals surface area contributed by atoms with Crippen LogP contribution in [0.25, 0.3) is 0 Å². The van der Waals surface area contributed by atoms with Crippen LogP contribution in [0.5, 0.6) is 5.75 Å². The maximum atomic E-state index is 13.4. The summed E-state index contributed by atoms with van der Waals surface area (Å²) in [5.74, 6) is -3.05. The van der Waals surface area contributed by atoms with Gasteiger partial charge in [-0.25, -0.2) is 13.6 Å². The molecule has 2 aromatic rings. The van der Waals surface area contributed by atoms with Crippen molar-refractivity contribution in [2.24, 2.45) is 0 Å². The van der Waals surface area contributed by atoms with E-state index in [0.717, 1.165) is 6.07 Å². The Kier molecular flexibility index (Phi) is 4.20. The number of hydrogen-bond donors (Lipinski definition) is 1. The highest BCUT2D eigenvalue weighted by Crippen LogP contribution is 2.23. The molecule has 0 saturated heterocycles. The van der Waals surface area contributed by atoms with Crippen molar-refractivity contribution in [2.45, 2.75) is 6.61 Å². The first-order chi connectivity index (χ1) is 9.49. The Morgan fingerprint density at radius 3 is 2.60 bits per heavy atom. The van der Waals surface area contributed by atoms with Crippen LogP contribution in [0.1, 0.15) is 15.9 Å². The summed E-state index contributed by atoms with van der Waals surface area (Å²) in [5, 5.41) is 8.90. The number of rotatable bonds is 4. The van der Waals surface area contributed by atoms with Crippen LogP contribution in [0.4, 0.5) is 8.78 Å². The molecule has 0 bridgehead atoms.